The van der Waals surface area contributed by atoms with Crippen molar-refractivity contribution in [2.45, 2.75) is 0 Å². The standard InChI is InChI=1S/C24H15BNO2S/c27-25-28-16-10-11-19-21(14-16)26(15-6-2-1-3-7-15)20-13-12-18-17-8-4-5-9-22(17)29-24(18)23(19)20/h1-14,27H. The first-order valence-corrected chi connectivity index (χ1v) is 10.2. The summed E-state index contributed by atoms with van der Waals surface area (Å²) in [6.07, 6.45) is 0. The van der Waals surface area contributed by atoms with E-state index in [1.54, 1.807) is 0 Å². The van der Waals surface area contributed by atoms with E-state index >= 15 is 0 Å². The zero-order valence-corrected chi connectivity index (χ0v) is 16.2. The van der Waals surface area contributed by atoms with Crippen LogP contribution in [0.15, 0.2) is 84.9 Å². The molecule has 0 aliphatic heterocycles. The maximum atomic E-state index is 9.09. The number of hydrogen-bond acceptors (Lipinski definition) is 3. The molecule has 0 spiro atoms. The van der Waals surface area contributed by atoms with Crippen molar-refractivity contribution in [3.05, 3.63) is 84.9 Å². The van der Waals surface area contributed by atoms with Crippen LogP contribution in [0.2, 0.25) is 0 Å². The van der Waals surface area contributed by atoms with Gasteiger partial charge >= 0.3 is 7.69 Å². The van der Waals surface area contributed by atoms with Gasteiger partial charge in [0, 0.05) is 42.7 Å². The Hall–Kier alpha value is -3.28. The number of fused-ring (bicyclic) bond motifs is 7. The van der Waals surface area contributed by atoms with Crippen molar-refractivity contribution < 1.29 is 9.68 Å². The van der Waals surface area contributed by atoms with Crippen LogP contribution in [0.5, 0.6) is 5.75 Å². The Kier molecular flexibility index (Phi) is 3.66. The molecule has 5 heteroatoms. The fourth-order valence-electron chi connectivity index (χ4n) is 4.25. The lowest BCUT2D eigenvalue weighted by molar-refractivity contribution is 0.454. The molecule has 0 amide bonds. The molecule has 0 atom stereocenters. The van der Waals surface area contributed by atoms with Crippen LogP contribution in [0.3, 0.4) is 0 Å². The number of aromatic nitrogens is 1. The summed E-state index contributed by atoms with van der Waals surface area (Å²) < 4.78 is 10.1. The van der Waals surface area contributed by atoms with Gasteiger partial charge in [0.2, 0.25) is 0 Å². The largest absolute Gasteiger partial charge is 0.569 e. The number of benzene rings is 4. The normalized spacial score (nSPS) is 11.6. The van der Waals surface area contributed by atoms with Crippen LogP contribution in [0.1, 0.15) is 0 Å². The van der Waals surface area contributed by atoms with Gasteiger partial charge in [-0.3, -0.25) is 0 Å². The first-order chi connectivity index (χ1) is 14.3. The zero-order chi connectivity index (χ0) is 19.4. The second-order valence-electron chi connectivity index (χ2n) is 7.01. The molecule has 0 bridgehead atoms. The van der Waals surface area contributed by atoms with Crippen LogP contribution >= 0.6 is 11.3 Å². The second-order valence-corrected chi connectivity index (χ2v) is 8.06. The summed E-state index contributed by atoms with van der Waals surface area (Å²) in [6, 6.07) is 29.3. The third-order valence-electron chi connectivity index (χ3n) is 5.45. The molecule has 0 saturated carbocycles. The molecule has 0 aliphatic carbocycles. The minimum atomic E-state index is 0.604. The van der Waals surface area contributed by atoms with Gasteiger partial charge in [-0.1, -0.05) is 42.5 Å². The topological polar surface area (TPSA) is 34.4 Å². The SMILES string of the molecule is O[B]Oc1ccc2c3c4sc5ccccc5c4ccc3n(-c3ccccc3)c2c1. The fraction of sp³-hybridized carbons (Fsp3) is 0. The van der Waals surface area contributed by atoms with Gasteiger partial charge in [0.05, 0.1) is 11.0 Å². The molecule has 3 nitrogen and oxygen atoms in total. The van der Waals surface area contributed by atoms with Crippen molar-refractivity contribution >= 4 is 61.0 Å². The first kappa shape index (κ1) is 16.7. The summed E-state index contributed by atoms with van der Waals surface area (Å²) in [5, 5.41) is 14.1. The van der Waals surface area contributed by atoms with Crippen molar-refractivity contribution in [2.24, 2.45) is 0 Å². The van der Waals surface area contributed by atoms with Gasteiger partial charge in [0.25, 0.3) is 0 Å². The monoisotopic (exact) mass is 392 g/mol. The summed E-state index contributed by atoms with van der Waals surface area (Å²) in [6.45, 7) is 0. The highest BCUT2D eigenvalue weighted by molar-refractivity contribution is 7.26. The highest BCUT2D eigenvalue weighted by atomic mass is 32.1. The van der Waals surface area contributed by atoms with Gasteiger partial charge in [0.15, 0.2) is 0 Å². The van der Waals surface area contributed by atoms with E-state index in [4.69, 9.17) is 9.68 Å². The van der Waals surface area contributed by atoms with E-state index < -0.39 is 0 Å². The Bertz CT molecular complexity index is 1520. The van der Waals surface area contributed by atoms with Gasteiger partial charge in [0.1, 0.15) is 5.75 Å². The third kappa shape index (κ3) is 2.41. The van der Waals surface area contributed by atoms with Crippen LogP contribution < -0.4 is 4.65 Å². The van der Waals surface area contributed by atoms with Gasteiger partial charge in [-0.15, -0.1) is 11.3 Å². The fourth-order valence-corrected chi connectivity index (χ4v) is 5.51. The summed E-state index contributed by atoms with van der Waals surface area (Å²) in [5.41, 5.74) is 3.31. The Balaban J connectivity index is 1.82. The average molecular weight is 392 g/mol. The van der Waals surface area contributed by atoms with Crippen molar-refractivity contribution in [1.29, 1.82) is 0 Å². The van der Waals surface area contributed by atoms with Crippen molar-refractivity contribution in [1.82, 2.24) is 4.57 Å². The van der Waals surface area contributed by atoms with Crippen LogP contribution in [-0.2, 0) is 0 Å². The van der Waals surface area contributed by atoms with Crippen LogP contribution in [0, 0.1) is 0 Å². The molecule has 29 heavy (non-hydrogen) atoms. The molecule has 2 aromatic heterocycles. The van der Waals surface area contributed by atoms with E-state index in [0.717, 1.165) is 24.4 Å². The van der Waals surface area contributed by atoms with Gasteiger partial charge < -0.3 is 14.2 Å². The maximum absolute atomic E-state index is 9.09. The molecule has 1 N–H and O–H groups in total. The quantitative estimate of drug-likeness (QED) is 0.372. The highest BCUT2D eigenvalue weighted by Crippen LogP contribution is 2.43. The summed E-state index contributed by atoms with van der Waals surface area (Å²) in [7, 11) is 0.723. The smallest absolute Gasteiger partial charge is 0.537 e. The molecule has 0 aliphatic rings. The Morgan fingerprint density at radius 3 is 2.41 bits per heavy atom. The average Bonchev–Trinajstić information content (AvgIpc) is 3.29. The molecular formula is C24H15BNO2S. The minimum absolute atomic E-state index is 0.604. The predicted octanol–water partition coefficient (Wildman–Crippen LogP) is 6.06. The summed E-state index contributed by atoms with van der Waals surface area (Å²) in [4.78, 5) is 0. The Morgan fingerprint density at radius 2 is 1.55 bits per heavy atom. The van der Waals surface area contributed by atoms with E-state index in [2.05, 4.69) is 59.2 Å². The molecule has 0 unspecified atom stereocenters. The number of hydrogen-bond donors (Lipinski definition) is 1. The molecule has 4 aromatic carbocycles. The van der Waals surface area contributed by atoms with E-state index in [9.17, 15) is 0 Å². The Morgan fingerprint density at radius 1 is 0.759 bits per heavy atom. The molecule has 0 saturated heterocycles. The summed E-state index contributed by atoms with van der Waals surface area (Å²) in [5.74, 6) is 0.604. The van der Waals surface area contributed by atoms with Crippen LogP contribution in [-0.4, -0.2) is 17.3 Å². The van der Waals surface area contributed by atoms with E-state index in [1.807, 2.05) is 41.7 Å². The third-order valence-corrected chi connectivity index (χ3v) is 6.65. The van der Waals surface area contributed by atoms with Crippen molar-refractivity contribution in [3.63, 3.8) is 0 Å². The molecule has 2 heterocycles. The number of thiophene rings is 1. The summed E-state index contributed by atoms with van der Waals surface area (Å²) >= 11 is 1.84. The number of nitrogens with zero attached hydrogens (tertiary/aromatic N) is 1. The lowest BCUT2D eigenvalue weighted by Gasteiger charge is -2.08. The number of rotatable bonds is 3. The van der Waals surface area contributed by atoms with Crippen LogP contribution in [0.25, 0.3) is 47.7 Å². The van der Waals surface area contributed by atoms with Gasteiger partial charge in [-0.2, -0.15) is 0 Å². The number of para-hydroxylation sites is 1. The van der Waals surface area contributed by atoms with Gasteiger partial charge in [-0.05, 0) is 36.4 Å². The van der Waals surface area contributed by atoms with Crippen molar-refractivity contribution in [2.75, 3.05) is 0 Å². The maximum Gasteiger partial charge on any atom is 0.569 e. The second kappa shape index (κ2) is 6.37. The molecule has 0 fully saturated rings. The van der Waals surface area contributed by atoms with E-state index in [1.165, 1.54) is 30.9 Å². The minimum Gasteiger partial charge on any atom is -0.537 e. The molecular weight excluding hydrogens is 377 g/mol. The molecule has 6 aromatic rings. The molecule has 1 radical (unpaired) electrons. The first-order valence-electron chi connectivity index (χ1n) is 9.41. The van der Waals surface area contributed by atoms with E-state index in [-0.39, 0.29) is 0 Å². The molecule has 6 rings (SSSR count). The lowest BCUT2D eigenvalue weighted by Crippen LogP contribution is -2.00. The van der Waals surface area contributed by atoms with Crippen molar-refractivity contribution in [3.8, 4) is 11.4 Å². The zero-order valence-electron chi connectivity index (χ0n) is 15.4. The van der Waals surface area contributed by atoms with Gasteiger partial charge in [-0.25, -0.2) is 0 Å². The van der Waals surface area contributed by atoms with E-state index in [0.29, 0.717) is 5.75 Å². The molecule has 137 valence electrons. The predicted molar refractivity (Wildman–Crippen MR) is 122 cm³/mol. The Labute approximate surface area is 171 Å². The highest BCUT2D eigenvalue weighted by Gasteiger charge is 2.17. The van der Waals surface area contributed by atoms with Crippen LogP contribution in [0.4, 0.5) is 0 Å². The lowest BCUT2D eigenvalue weighted by atomic mass is 10.1.